The first kappa shape index (κ1) is 39.9. The molecule has 1 aliphatic rings. The summed E-state index contributed by atoms with van der Waals surface area (Å²) >= 11 is 0. The molecule has 0 saturated heterocycles. The summed E-state index contributed by atoms with van der Waals surface area (Å²) in [4.78, 5) is 16.3. The number of furan rings is 1. The molecule has 3 aromatic heterocycles. The molecule has 0 N–H and O–H groups in total. The summed E-state index contributed by atoms with van der Waals surface area (Å²) in [7, 11) is 0. The summed E-state index contributed by atoms with van der Waals surface area (Å²) in [5.41, 5.74) is 12.7. The highest BCUT2D eigenvalue weighted by Crippen LogP contribution is 2.53. The maximum atomic E-state index is 6.63. The third-order valence-corrected chi connectivity index (χ3v) is 14.0. The second kappa shape index (κ2) is 15.3. The van der Waals surface area contributed by atoms with Gasteiger partial charge in [0.25, 0.3) is 0 Å². The van der Waals surface area contributed by atoms with Crippen LogP contribution in [-0.2, 0) is 5.41 Å². The van der Waals surface area contributed by atoms with Gasteiger partial charge in [-0.15, -0.1) is 0 Å². The number of nitrogens with zero attached hydrogens (tertiary/aromatic N) is 4. The van der Waals surface area contributed by atoms with Gasteiger partial charge in [0.15, 0.2) is 11.6 Å². The van der Waals surface area contributed by atoms with Gasteiger partial charge in [0.2, 0.25) is 5.95 Å². The minimum Gasteiger partial charge on any atom is -0.455 e. The summed E-state index contributed by atoms with van der Waals surface area (Å²) in [5, 5.41) is 11.5. The smallest absolute Gasteiger partial charge is 0.238 e. The van der Waals surface area contributed by atoms with Crippen molar-refractivity contribution in [1.29, 1.82) is 0 Å². The van der Waals surface area contributed by atoms with E-state index in [1.54, 1.807) is 0 Å². The molecule has 0 spiro atoms. The van der Waals surface area contributed by atoms with Crippen molar-refractivity contribution >= 4 is 76.1 Å². The number of aromatic nitrogens is 4. The highest BCUT2D eigenvalue weighted by atomic mass is 16.3. The highest BCUT2D eigenvalue weighted by molar-refractivity contribution is 6.17. The molecule has 0 radical (unpaired) electrons. The van der Waals surface area contributed by atoms with E-state index in [0.717, 1.165) is 82.2 Å². The molecule has 10 aromatic carbocycles. The summed E-state index contributed by atoms with van der Waals surface area (Å²) < 4.78 is 8.91. The van der Waals surface area contributed by atoms with Crippen LogP contribution in [0.15, 0.2) is 199 Å². The van der Waals surface area contributed by atoms with Crippen molar-refractivity contribution in [2.45, 2.75) is 39.5 Å². The van der Waals surface area contributed by atoms with Crippen LogP contribution in [0.25, 0.3) is 127 Å². The van der Waals surface area contributed by atoms with Crippen LogP contribution in [0.2, 0.25) is 0 Å². The first-order valence-corrected chi connectivity index (χ1v) is 23.7. The molecule has 13 aromatic rings. The van der Waals surface area contributed by atoms with E-state index in [1.165, 1.54) is 44.8 Å². The summed E-state index contributed by atoms with van der Waals surface area (Å²) in [5.74, 6) is 1.66. The number of benzene rings is 10. The van der Waals surface area contributed by atoms with E-state index in [4.69, 9.17) is 19.4 Å². The fraction of sp³-hybridized carbons (Fsp3) is 0.0952. The Morgan fingerprint density at radius 1 is 0.441 bits per heavy atom. The Morgan fingerprint density at radius 2 is 1.06 bits per heavy atom. The summed E-state index contributed by atoms with van der Waals surface area (Å²) in [6.45, 7) is 8.98. The van der Waals surface area contributed by atoms with Crippen LogP contribution >= 0.6 is 0 Å². The molecule has 3 heterocycles. The number of fused-ring (bicyclic) bond motifs is 13. The fourth-order valence-electron chi connectivity index (χ4n) is 10.8. The topological polar surface area (TPSA) is 56.7 Å². The highest BCUT2D eigenvalue weighted by Gasteiger charge is 2.37. The van der Waals surface area contributed by atoms with Gasteiger partial charge in [-0.05, 0) is 96.5 Å². The van der Waals surface area contributed by atoms with Crippen molar-refractivity contribution in [3.8, 4) is 51.0 Å². The average Bonchev–Trinajstić information content (AvgIpc) is 4.00. The van der Waals surface area contributed by atoms with Crippen LogP contribution in [0, 0.1) is 0 Å². The van der Waals surface area contributed by atoms with Gasteiger partial charge in [0, 0.05) is 38.1 Å². The zero-order chi connectivity index (χ0) is 45.7. The SMILES string of the molecule is CC1(C)c2cc(-c3cccc4c5cc6ccccc6cc5n(-c5nc(-c6ccc7ccccc7c6)nc(-c6cccc7c6oc6ccccc67)n5)c34)ccc2-c2c1ccc1ccccc21.CCC. The summed E-state index contributed by atoms with van der Waals surface area (Å²) in [6.07, 6.45) is 1.25. The van der Waals surface area contributed by atoms with Crippen molar-refractivity contribution in [3.05, 3.63) is 205 Å². The molecule has 1 aliphatic carbocycles. The second-order valence-corrected chi connectivity index (χ2v) is 18.7. The molecule has 14 rings (SSSR count). The molecular weight excluding hydrogens is 829 g/mol. The predicted molar refractivity (Wildman–Crippen MR) is 284 cm³/mol. The van der Waals surface area contributed by atoms with Gasteiger partial charge in [-0.1, -0.05) is 192 Å². The van der Waals surface area contributed by atoms with Crippen molar-refractivity contribution in [3.63, 3.8) is 0 Å². The first-order valence-electron chi connectivity index (χ1n) is 23.7. The molecule has 0 bridgehead atoms. The Labute approximate surface area is 394 Å². The fourth-order valence-corrected chi connectivity index (χ4v) is 10.8. The van der Waals surface area contributed by atoms with E-state index in [2.05, 4.69) is 214 Å². The standard InChI is InChI=1S/C60H38N4O.C3H8/c1-60(2)50-30-28-36-14-7-8-18-42(36)54(50)47-29-27-40(33-51(47)60)43-20-11-21-45-49-32-38-16-5-6-17-39(38)34-52(49)64(55(43)45)59-62-57(41-26-25-35-13-3-4-15-37(35)31-41)61-58(63-59)48-23-12-22-46-44-19-9-10-24-53(44)65-56(46)48;1-3-2/h3-34H,1-2H3;3H2,1-2H3. The molecule has 0 fully saturated rings. The van der Waals surface area contributed by atoms with Crippen molar-refractivity contribution in [2.24, 2.45) is 0 Å². The maximum Gasteiger partial charge on any atom is 0.238 e. The van der Waals surface area contributed by atoms with Crippen LogP contribution < -0.4 is 0 Å². The lowest BCUT2D eigenvalue weighted by Gasteiger charge is -2.22. The van der Waals surface area contributed by atoms with Gasteiger partial charge >= 0.3 is 0 Å². The van der Waals surface area contributed by atoms with Crippen LogP contribution in [-0.4, -0.2) is 19.5 Å². The van der Waals surface area contributed by atoms with E-state index in [-0.39, 0.29) is 5.41 Å². The number of para-hydroxylation sites is 3. The van der Waals surface area contributed by atoms with Crippen LogP contribution in [0.5, 0.6) is 0 Å². The van der Waals surface area contributed by atoms with E-state index >= 15 is 0 Å². The van der Waals surface area contributed by atoms with E-state index < -0.39 is 0 Å². The van der Waals surface area contributed by atoms with Crippen LogP contribution in [0.3, 0.4) is 0 Å². The van der Waals surface area contributed by atoms with Crippen LogP contribution in [0.1, 0.15) is 45.2 Å². The minimum atomic E-state index is -0.196. The molecule has 324 valence electrons. The average molecular weight is 875 g/mol. The number of hydrogen-bond donors (Lipinski definition) is 0. The van der Waals surface area contributed by atoms with E-state index in [1.807, 2.05) is 12.1 Å². The van der Waals surface area contributed by atoms with Gasteiger partial charge in [-0.2, -0.15) is 9.97 Å². The van der Waals surface area contributed by atoms with E-state index in [0.29, 0.717) is 17.6 Å². The van der Waals surface area contributed by atoms with Crippen molar-refractivity contribution < 1.29 is 4.42 Å². The monoisotopic (exact) mass is 874 g/mol. The lowest BCUT2D eigenvalue weighted by atomic mass is 9.81. The quantitative estimate of drug-likeness (QED) is 0.177. The zero-order valence-electron chi connectivity index (χ0n) is 38.4. The van der Waals surface area contributed by atoms with Crippen LogP contribution in [0.4, 0.5) is 0 Å². The minimum absolute atomic E-state index is 0.196. The largest absolute Gasteiger partial charge is 0.455 e. The Kier molecular flexibility index (Phi) is 9.00. The van der Waals surface area contributed by atoms with Gasteiger partial charge < -0.3 is 4.42 Å². The molecule has 5 heteroatoms. The third kappa shape index (κ3) is 6.05. The zero-order valence-corrected chi connectivity index (χ0v) is 38.4. The van der Waals surface area contributed by atoms with Gasteiger partial charge in [0.1, 0.15) is 11.2 Å². The molecule has 5 nitrogen and oxygen atoms in total. The van der Waals surface area contributed by atoms with Gasteiger partial charge in [-0.25, -0.2) is 4.98 Å². The Hall–Kier alpha value is -8.41. The van der Waals surface area contributed by atoms with Gasteiger partial charge in [-0.3, -0.25) is 4.57 Å². The number of hydrogen-bond acceptors (Lipinski definition) is 4. The Balaban J connectivity index is 0.00000149. The van der Waals surface area contributed by atoms with Gasteiger partial charge in [0.05, 0.1) is 16.6 Å². The third-order valence-electron chi connectivity index (χ3n) is 14.0. The molecule has 0 atom stereocenters. The molecule has 68 heavy (non-hydrogen) atoms. The number of rotatable bonds is 4. The Morgan fingerprint density at radius 3 is 1.87 bits per heavy atom. The van der Waals surface area contributed by atoms with E-state index in [9.17, 15) is 0 Å². The summed E-state index contributed by atoms with van der Waals surface area (Å²) in [6, 6.07) is 69.6. The lowest BCUT2D eigenvalue weighted by Crippen LogP contribution is -2.15. The van der Waals surface area contributed by atoms with Crippen molar-refractivity contribution in [1.82, 2.24) is 19.5 Å². The molecule has 0 aliphatic heterocycles. The molecule has 0 saturated carbocycles. The maximum absolute atomic E-state index is 6.63. The molecule has 0 amide bonds. The normalized spacial score (nSPS) is 12.9. The predicted octanol–water partition coefficient (Wildman–Crippen LogP) is 17.1. The first-order chi connectivity index (χ1) is 33.4. The van der Waals surface area contributed by atoms with Crippen molar-refractivity contribution in [2.75, 3.05) is 0 Å². The second-order valence-electron chi connectivity index (χ2n) is 18.7. The lowest BCUT2D eigenvalue weighted by molar-refractivity contribution is 0.661. The molecular formula is C63H46N4O. The Bertz CT molecular complexity index is 4190. The molecule has 0 unspecified atom stereocenters.